The maximum atomic E-state index is 10.2. The average molecular weight is 669 g/mol. The van der Waals surface area contributed by atoms with Gasteiger partial charge in [0.25, 0.3) is 0 Å². The molecule has 0 radical (unpaired) electrons. The molecule has 8 aromatic rings. The molecule has 1 fully saturated rings. The van der Waals surface area contributed by atoms with E-state index in [9.17, 15) is 5.11 Å². The van der Waals surface area contributed by atoms with Crippen molar-refractivity contribution in [2.75, 3.05) is 7.11 Å². The van der Waals surface area contributed by atoms with E-state index in [2.05, 4.69) is 122 Å². The Morgan fingerprint density at radius 3 is 1.33 bits per heavy atom. The highest BCUT2D eigenvalue weighted by Crippen LogP contribution is 2.58. The first-order chi connectivity index (χ1) is 25.6. The number of benzene rings is 8. The molecule has 248 valence electrons. The summed E-state index contributed by atoms with van der Waals surface area (Å²) in [5.74, 6) is 1.15. The number of phenols is 1. The molecule has 1 saturated carbocycles. The molecule has 2 heteroatoms. The molecule has 0 amide bonds. The summed E-state index contributed by atoms with van der Waals surface area (Å²) in [6.45, 7) is 9.00. The zero-order chi connectivity index (χ0) is 35.2. The molecule has 17 bridgehead atoms. The highest BCUT2D eigenvalue weighted by Gasteiger charge is 2.45. The van der Waals surface area contributed by atoms with Gasteiger partial charge in [0.15, 0.2) is 0 Å². The Bertz CT molecular complexity index is 2780. The summed E-state index contributed by atoms with van der Waals surface area (Å²) in [7, 11) is 1.00. The van der Waals surface area contributed by atoms with Gasteiger partial charge in [-0.1, -0.05) is 122 Å². The predicted octanol–water partition coefficient (Wildman–Crippen LogP) is 12.5. The number of aliphatic hydroxyl groups excluding tert-OH is 1. The molecule has 0 heterocycles. The van der Waals surface area contributed by atoms with E-state index in [1.54, 1.807) is 12.1 Å². The van der Waals surface area contributed by atoms with Crippen LogP contribution >= 0.6 is 0 Å². The standard InChI is InChI=1S/C49H32O.CH4O/c1-3-36-29-8-10-31(11-9-29)43-25-44-32-12-14-34(15-13-32)46-24-41(47(36)46)27(2)28-4-6-30(7-5-28)42-26-45(33-16-18-35(50)19-17-33)40-23-22-39(44)48-38(43)21-20-37(42)49(40)48;1-2/h4-23,25-26,41,46-47,50H,1-2,24H2;2H,1H3/t41-,46+,47+;/m0./s1. The minimum Gasteiger partial charge on any atom is -0.508 e. The van der Waals surface area contributed by atoms with Gasteiger partial charge in [-0.15, -0.1) is 5.73 Å². The number of allylic oxidation sites excluding steroid dienone is 2. The van der Waals surface area contributed by atoms with Crippen molar-refractivity contribution in [3.63, 3.8) is 0 Å². The van der Waals surface area contributed by atoms with Gasteiger partial charge >= 0.3 is 0 Å². The number of hydrogen-bond acceptors (Lipinski definition) is 2. The van der Waals surface area contributed by atoms with Gasteiger partial charge in [0.05, 0.1) is 0 Å². The fourth-order valence-electron chi connectivity index (χ4n) is 9.57. The van der Waals surface area contributed by atoms with E-state index in [-0.39, 0.29) is 17.6 Å². The summed E-state index contributed by atoms with van der Waals surface area (Å²) in [5, 5.41) is 24.7. The van der Waals surface area contributed by atoms with Gasteiger partial charge in [0.2, 0.25) is 0 Å². The van der Waals surface area contributed by atoms with Gasteiger partial charge in [-0.05, 0) is 142 Å². The summed E-state index contributed by atoms with van der Waals surface area (Å²) in [6, 6.07) is 49.3. The first-order valence-electron chi connectivity index (χ1n) is 18.0. The van der Waals surface area contributed by atoms with Crippen LogP contribution in [0.25, 0.3) is 88.0 Å². The van der Waals surface area contributed by atoms with Crippen LogP contribution in [0.5, 0.6) is 5.75 Å². The number of phenolic OH excluding ortho intramolecular Hbond substituents is 1. The van der Waals surface area contributed by atoms with Crippen molar-refractivity contribution in [1.29, 1.82) is 0 Å². The Balaban J connectivity index is 0.00000166. The molecule has 11 aliphatic carbocycles. The summed E-state index contributed by atoms with van der Waals surface area (Å²) < 4.78 is 0. The first kappa shape index (κ1) is 30.6. The lowest BCUT2D eigenvalue weighted by molar-refractivity contribution is 0.250. The van der Waals surface area contributed by atoms with Crippen molar-refractivity contribution in [3.8, 4) is 50.3 Å². The number of hydrogen-bond donors (Lipinski definition) is 2. The molecule has 0 saturated heterocycles. The number of rotatable bonds is 1. The third-order valence-electron chi connectivity index (χ3n) is 12.1. The summed E-state index contributed by atoms with van der Waals surface area (Å²) in [4.78, 5) is 0. The molecule has 0 aliphatic heterocycles. The Morgan fingerprint density at radius 2 is 0.885 bits per heavy atom. The fraction of sp³-hybridized carbons (Fsp3) is 0.100. The van der Waals surface area contributed by atoms with E-state index >= 15 is 0 Å². The molecular formula is C50H36O2. The highest BCUT2D eigenvalue weighted by atomic mass is 16.3. The van der Waals surface area contributed by atoms with Crippen molar-refractivity contribution in [2.45, 2.75) is 12.3 Å². The average Bonchev–Trinajstić information content (AvgIpc) is 3.19. The van der Waals surface area contributed by atoms with Gasteiger partial charge in [-0.3, -0.25) is 0 Å². The van der Waals surface area contributed by atoms with Crippen LogP contribution in [0.1, 0.15) is 29.0 Å². The third-order valence-corrected chi connectivity index (χ3v) is 12.1. The van der Waals surface area contributed by atoms with Crippen LogP contribution in [-0.2, 0) is 0 Å². The van der Waals surface area contributed by atoms with Crippen LogP contribution in [0, 0.1) is 11.8 Å². The quantitative estimate of drug-likeness (QED) is 0.135. The molecule has 2 nitrogen and oxygen atoms in total. The number of aromatic hydroxyl groups is 1. The minimum atomic E-state index is 0.235. The third kappa shape index (κ3) is 4.23. The summed E-state index contributed by atoms with van der Waals surface area (Å²) in [5.41, 5.74) is 19.1. The molecule has 0 aromatic heterocycles. The van der Waals surface area contributed by atoms with Crippen LogP contribution in [0.2, 0.25) is 0 Å². The van der Waals surface area contributed by atoms with E-state index in [1.807, 2.05) is 12.1 Å². The topological polar surface area (TPSA) is 40.5 Å². The van der Waals surface area contributed by atoms with Crippen molar-refractivity contribution in [2.24, 2.45) is 11.8 Å². The minimum absolute atomic E-state index is 0.235. The van der Waals surface area contributed by atoms with Crippen LogP contribution < -0.4 is 0 Å². The Hall–Kier alpha value is -6.18. The zero-order valence-corrected chi connectivity index (χ0v) is 28.9. The molecule has 19 rings (SSSR count). The van der Waals surface area contributed by atoms with Crippen molar-refractivity contribution in [1.82, 2.24) is 0 Å². The first-order valence-corrected chi connectivity index (χ1v) is 18.0. The van der Waals surface area contributed by atoms with Crippen LogP contribution in [0.3, 0.4) is 0 Å². The van der Waals surface area contributed by atoms with Crippen molar-refractivity contribution >= 4 is 43.5 Å². The van der Waals surface area contributed by atoms with Crippen LogP contribution in [-0.4, -0.2) is 17.3 Å². The van der Waals surface area contributed by atoms with Crippen molar-refractivity contribution in [3.05, 3.63) is 169 Å². The zero-order valence-electron chi connectivity index (χ0n) is 28.9. The lowest BCUT2D eigenvalue weighted by atomic mass is 9.56. The van der Waals surface area contributed by atoms with Gasteiger partial charge in [0.1, 0.15) is 5.75 Å². The van der Waals surface area contributed by atoms with Gasteiger partial charge in [0, 0.05) is 18.6 Å². The predicted molar refractivity (Wildman–Crippen MR) is 218 cm³/mol. The Labute approximate surface area is 303 Å². The monoisotopic (exact) mass is 668 g/mol. The van der Waals surface area contributed by atoms with E-state index in [0.717, 1.165) is 24.7 Å². The molecule has 8 aromatic carbocycles. The van der Waals surface area contributed by atoms with Gasteiger partial charge < -0.3 is 10.2 Å². The molecule has 52 heavy (non-hydrogen) atoms. The van der Waals surface area contributed by atoms with Crippen LogP contribution in [0.4, 0.5) is 0 Å². The maximum Gasteiger partial charge on any atom is 0.115 e. The van der Waals surface area contributed by atoms with Crippen LogP contribution in [0.15, 0.2) is 152 Å². The molecular weight excluding hydrogens is 633 g/mol. The summed E-state index contributed by atoms with van der Waals surface area (Å²) in [6.07, 6.45) is 1.04. The van der Waals surface area contributed by atoms with E-state index in [1.165, 1.54) is 93.5 Å². The molecule has 11 aliphatic rings. The molecule has 0 unspecified atom stereocenters. The highest BCUT2D eigenvalue weighted by molar-refractivity contribution is 6.32. The SMILES string of the molecule is C=C=C1c2ccc(cc2)-c2cc3c4ccc5c(-c6ccc(O)cc6)cc(c6ccc2c4c56)-c2ccc(cc2)C(=C)[C@@H]2C[C@H](c4ccc-3cc4)[C@H]12.CO. The lowest BCUT2D eigenvalue weighted by Gasteiger charge is -2.47. The largest absolute Gasteiger partial charge is 0.508 e. The second-order valence-corrected chi connectivity index (χ2v) is 14.4. The number of aliphatic hydroxyl groups is 1. The fourth-order valence-corrected chi connectivity index (χ4v) is 9.57. The van der Waals surface area contributed by atoms with Gasteiger partial charge in [-0.25, -0.2) is 0 Å². The summed E-state index contributed by atoms with van der Waals surface area (Å²) >= 11 is 0. The molecule has 0 spiro atoms. The second-order valence-electron chi connectivity index (χ2n) is 14.4. The molecule has 2 N–H and O–H groups in total. The Morgan fingerprint density at radius 1 is 0.500 bits per heavy atom. The second kappa shape index (κ2) is 11.4. The maximum absolute atomic E-state index is 10.2. The van der Waals surface area contributed by atoms with E-state index in [4.69, 9.17) is 11.7 Å². The Kier molecular flexibility index (Phi) is 6.73. The smallest absolute Gasteiger partial charge is 0.115 e. The van der Waals surface area contributed by atoms with Gasteiger partial charge in [-0.2, -0.15) is 0 Å². The van der Waals surface area contributed by atoms with Crippen molar-refractivity contribution < 1.29 is 10.2 Å². The molecule has 3 atom stereocenters. The normalized spacial score (nSPS) is 18.0. The van der Waals surface area contributed by atoms with E-state index < -0.39 is 0 Å². The lowest BCUT2D eigenvalue weighted by Crippen LogP contribution is -2.36. The van der Waals surface area contributed by atoms with E-state index in [0.29, 0.717) is 5.92 Å².